The van der Waals surface area contributed by atoms with Crippen LogP contribution >= 0.6 is 11.6 Å². The maximum absolute atomic E-state index is 12.4. The molecule has 0 aromatic carbocycles. The Morgan fingerprint density at radius 2 is 2.32 bits per heavy atom. The first-order valence-corrected chi connectivity index (χ1v) is 6.74. The fraction of sp³-hybridized carbons (Fsp3) is 0.538. The lowest BCUT2D eigenvalue weighted by Gasteiger charge is -2.35. The molecule has 2 rings (SSSR count). The number of nitrogens with two attached hydrogens (primary N) is 1. The lowest BCUT2D eigenvalue weighted by molar-refractivity contribution is 0.0644. The number of amides is 1. The van der Waals surface area contributed by atoms with Crippen LogP contribution in [0.1, 0.15) is 23.2 Å². The van der Waals surface area contributed by atoms with E-state index in [0.717, 1.165) is 25.9 Å². The number of carbonyl (C=O) groups is 1. The first kappa shape index (κ1) is 14.1. The minimum absolute atomic E-state index is 0.0590. The average Bonchev–Trinajstić information content (AvgIpc) is 2.36. The van der Waals surface area contributed by atoms with Gasteiger partial charge in [0, 0.05) is 25.2 Å². The summed E-state index contributed by atoms with van der Waals surface area (Å²) in [6, 6.07) is 3.36. The number of hydrogen-bond acceptors (Lipinski definition) is 4. The standard InChI is InChI=1S/C13H19ClN4O/c1-17-5-3-4-10(8-17)18(2)13(19)9-6-11(14)16-12(15)7-9/h6-7,10H,3-5,8H2,1-2H3,(H2,15,16). The van der Waals surface area contributed by atoms with Gasteiger partial charge in [0.25, 0.3) is 5.91 Å². The highest BCUT2D eigenvalue weighted by atomic mass is 35.5. The molecule has 0 radical (unpaired) electrons. The number of aromatic nitrogens is 1. The number of likely N-dealkylation sites (tertiary alicyclic amines) is 1. The first-order valence-electron chi connectivity index (χ1n) is 6.36. The maximum atomic E-state index is 12.4. The van der Waals surface area contributed by atoms with E-state index >= 15 is 0 Å². The number of likely N-dealkylation sites (N-methyl/N-ethyl adjacent to an activating group) is 2. The molecular formula is C13H19ClN4O. The van der Waals surface area contributed by atoms with Gasteiger partial charge < -0.3 is 15.5 Å². The van der Waals surface area contributed by atoms with E-state index in [1.165, 1.54) is 0 Å². The summed E-state index contributed by atoms with van der Waals surface area (Å²) in [6.07, 6.45) is 2.14. The van der Waals surface area contributed by atoms with E-state index in [-0.39, 0.29) is 22.9 Å². The van der Waals surface area contributed by atoms with Gasteiger partial charge in [0.15, 0.2) is 0 Å². The Morgan fingerprint density at radius 3 is 2.95 bits per heavy atom. The summed E-state index contributed by atoms with van der Waals surface area (Å²) in [6.45, 7) is 1.99. The predicted octanol–water partition coefficient (Wildman–Crippen LogP) is 1.48. The third kappa shape index (κ3) is 3.36. The van der Waals surface area contributed by atoms with Crippen LogP contribution in [0.2, 0.25) is 5.15 Å². The highest BCUT2D eigenvalue weighted by molar-refractivity contribution is 6.29. The molecule has 1 aliphatic rings. The second-order valence-electron chi connectivity index (χ2n) is 5.08. The zero-order valence-corrected chi connectivity index (χ0v) is 12.0. The number of pyridine rings is 1. The number of rotatable bonds is 2. The number of halogens is 1. The third-order valence-electron chi connectivity index (χ3n) is 3.53. The van der Waals surface area contributed by atoms with Crippen LogP contribution in [0.5, 0.6) is 0 Å². The molecule has 1 amide bonds. The predicted molar refractivity (Wildman–Crippen MR) is 76.3 cm³/mol. The fourth-order valence-electron chi connectivity index (χ4n) is 2.47. The van der Waals surface area contributed by atoms with E-state index in [4.69, 9.17) is 17.3 Å². The summed E-state index contributed by atoms with van der Waals surface area (Å²) in [5, 5.41) is 0.248. The molecule has 2 N–H and O–H groups in total. The van der Waals surface area contributed by atoms with Crippen molar-refractivity contribution in [3.05, 3.63) is 22.8 Å². The maximum Gasteiger partial charge on any atom is 0.254 e. The van der Waals surface area contributed by atoms with Gasteiger partial charge in [-0.25, -0.2) is 4.98 Å². The van der Waals surface area contributed by atoms with Crippen molar-refractivity contribution in [3.8, 4) is 0 Å². The Labute approximate surface area is 118 Å². The molecular weight excluding hydrogens is 264 g/mol. The van der Waals surface area contributed by atoms with Gasteiger partial charge in [0.2, 0.25) is 0 Å². The highest BCUT2D eigenvalue weighted by Crippen LogP contribution is 2.18. The van der Waals surface area contributed by atoms with E-state index in [1.54, 1.807) is 17.0 Å². The number of nitrogens with zero attached hydrogens (tertiary/aromatic N) is 3. The number of nitrogen functional groups attached to an aromatic ring is 1. The minimum Gasteiger partial charge on any atom is -0.384 e. The van der Waals surface area contributed by atoms with E-state index in [9.17, 15) is 4.79 Å². The van der Waals surface area contributed by atoms with Gasteiger partial charge in [-0.05, 0) is 38.6 Å². The third-order valence-corrected chi connectivity index (χ3v) is 3.72. The Hall–Kier alpha value is -1.33. The summed E-state index contributed by atoms with van der Waals surface area (Å²) in [4.78, 5) is 20.3. The van der Waals surface area contributed by atoms with E-state index < -0.39 is 0 Å². The van der Waals surface area contributed by atoms with Crippen molar-refractivity contribution < 1.29 is 4.79 Å². The van der Waals surface area contributed by atoms with Crippen molar-refractivity contribution in [3.63, 3.8) is 0 Å². The van der Waals surface area contributed by atoms with Gasteiger partial charge >= 0.3 is 0 Å². The minimum atomic E-state index is -0.0590. The molecule has 104 valence electrons. The summed E-state index contributed by atoms with van der Waals surface area (Å²) in [5.74, 6) is 0.210. The molecule has 1 unspecified atom stereocenters. The average molecular weight is 283 g/mol. The molecule has 0 spiro atoms. The summed E-state index contributed by atoms with van der Waals surface area (Å²) >= 11 is 5.84. The first-order chi connectivity index (χ1) is 8.97. The molecule has 1 aliphatic heterocycles. The van der Waals surface area contributed by atoms with Gasteiger partial charge in [0.05, 0.1) is 0 Å². The van der Waals surface area contributed by atoms with Crippen molar-refractivity contribution >= 4 is 23.3 Å². The second kappa shape index (κ2) is 5.75. The zero-order chi connectivity index (χ0) is 14.0. The normalized spacial score (nSPS) is 20.3. The van der Waals surface area contributed by atoms with Gasteiger partial charge in [-0.15, -0.1) is 0 Å². The lowest BCUT2D eigenvalue weighted by atomic mass is 10.0. The van der Waals surface area contributed by atoms with Gasteiger partial charge in [-0.2, -0.15) is 0 Å². The topological polar surface area (TPSA) is 62.5 Å². The molecule has 0 bridgehead atoms. The molecule has 2 heterocycles. The number of anilines is 1. The van der Waals surface area contributed by atoms with Crippen LogP contribution in [0.25, 0.3) is 0 Å². The smallest absolute Gasteiger partial charge is 0.254 e. The Balaban J connectivity index is 2.13. The SMILES string of the molecule is CN1CCCC(N(C)C(=O)c2cc(N)nc(Cl)c2)C1. The largest absolute Gasteiger partial charge is 0.384 e. The number of carbonyl (C=O) groups excluding carboxylic acids is 1. The van der Waals surface area contributed by atoms with Crippen LogP contribution in [-0.2, 0) is 0 Å². The Kier molecular flexibility index (Phi) is 4.27. The van der Waals surface area contributed by atoms with Gasteiger partial charge in [-0.3, -0.25) is 4.79 Å². The molecule has 1 aromatic heterocycles. The Bertz CT molecular complexity index is 459. The van der Waals surface area contributed by atoms with Gasteiger partial charge in [-0.1, -0.05) is 11.6 Å². The number of piperidine rings is 1. The van der Waals surface area contributed by atoms with Crippen molar-refractivity contribution in [2.45, 2.75) is 18.9 Å². The quantitative estimate of drug-likeness (QED) is 0.835. The molecule has 1 aromatic rings. The van der Waals surface area contributed by atoms with Crippen LogP contribution in [0.4, 0.5) is 5.82 Å². The summed E-state index contributed by atoms with van der Waals surface area (Å²) < 4.78 is 0. The van der Waals surface area contributed by atoms with Crippen LogP contribution in [0.3, 0.4) is 0 Å². The molecule has 0 saturated carbocycles. The second-order valence-corrected chi connectivity index (χ2v) is 5.47. The van der Waals surface area contributed by atoms with Crippen molar-refractivity contribution in [1.29, 1.82) is 0 Å². The molecule has 1 fully saturated rings. The van der Waals surface area contributed by atoms with Crippen LogP contribution in [-0.4, -0.2) is 53.9 Å². The Morgan fingerprint density at radius 1 is 1.58 bits per heavy atom. The molecule has 1 saturated heterocycles. The molecule has 0 aliphatic carbocycles. The van der Waals surface area contributed by atoms with Gasteiger partial charge in [0.1, 0.15) is 11.0 Å². The van der Waals surface area contributed by atoms with Crippen LogP contribution in [0.15, 0.2) is 12.1 Å². The summed E-state index contributed by atoms with van der Waals surface area (Å²) in [7, 11) is 3.91. The van der Waals surface area contributed by atoms with Crippen molar-refractivity contribution in [1.82, 2.24) is 14.8 Å². The van der Waals surface area contributed by atoms with E-state index in [1.807, 2.05) is 7.05 Å². The van der Waals surface area contributed by atoms with Crippen LogP contribution in [0, 0.1) is 0 Å². The molecule has 19 heavy (non-hydrogen) atoms. The number of hydrogen-bond donors (Lipinski definition) is 1. The zero-order valence-electron chi connectivity index (χ0n) is 11.3. The molecule has 1 atom stereocenters. The highest BCUT2D eigenvalue weighted by Gasteiger charge is 2.25. The lowest BCUT2D eigenvalue weighted by Crippen LogP contribution is -2.47. The summed E-state index contributed by atoms with van der Waals surface area (Å²) in [5.41, 5.74) is 6.12. The van der Waals surface area contributed by atoms with E-state index in [2.05, 4.69) is 16.9 Å². The fourth-order valence-corrected chi connectivity index (χ4v) is 2.68. The van der Waals surface area contributed by atoms with Crippen molar-refractivity contribution in [2.24, 2.45) is 0 Å². The monoisotopic (exact) mass is 282 g/mol. The van der Waals surface area contributed by atoms with E-state index in [0.29, 0.717) is 5.56 Å². The van der Waals surface area contributed by atoms with Crippen molar-refractivity contribution in [2.75, 3.05) is 32.9 Å². The molecule has 5 nitrogen and oxygen atoms in total. The molecule has 6 heteroatoms. The van der Waals surface area contributed by atoms with Crippen LogP contribution < -0.4 is 5.73 Å².